The Kier molecular flexibility index (Phi) is 9.37. The van der Waals surface area contributed by atoms with Crippen LogP contribution in [-0.2, 0) is 12.8 Å². The number of fused-ring (bicyclic) bond motifs is 11. The number of rotatable bonds is 15. The molecule has 7 rings (SSSR count). The molecule has 0 atom stereocenters. The second-order valence-electron chi connectivity index (χ2n) is 12.5. The summed E-state index contributed by atoms with van der Waals surface area (Å²) in [6.07, 6.45) is 20.2. The van der Waals surface area contributed by atoms with Gasteiger partial charge >= 0.3 is 0 Å². The highest BCUT2D eigenvalue weighted by Crippen LogP contribution is 2.52. The molecule has 0 saturated heterocycles. The molecule has 0 fully saturated rings. The molecule has 4 aromatic heterocycles. The molecular weight excluding hydrogens is 597 g/mol. The summed E-state index contributed by atoms with van der Waals surface area (Å²) in [4.78, 5) is 0. The van der Waals surface area contributed by atoms with Gasteiger partial charge in [-0.05, 0) is 84.0 Å². The van der Waals surface area contributed by atoms with Crippen molar-refractivity contribution >= 4 is 106 Å². The summed E-state index contributed by atoms with van der Waals surface area (Å²) in [7, 11) is 0. The van der Waals surface area contributed by atoms with E-state index in [4.69, 9.17) is 0 Å². The number of aryl methyl sites for hydroxylation is 2. The third-order valence-corrected chi connectivity index (χ3v) is 13.7. The standard InChI is InChI=1S/C39H44S4/c1-3-5-7-9-11-13-15-17-27-26(16-14-12-10-8-6-4-2)38-36(34-28-22-24-40-30(28)18-20-32(34)42-38)37-35-29-23-25-41-31(29)19-21-33(35)43-39(27)37/h18-25H,3-17H2,1-2H3. The number of hydrogen-bond acceptors (Lipinski definition) is 4. The fraction of sp³-hybridized carbons (Fsp3) is 0.436. The SMILES string of the molecule is CCCCCCCCCc1c(CCCCCCCC)c2sc3ccc4sccc4c3c2c2c1sc1ccc3sccc3c12. The minimum absolute atomic E-state index is 1.23. The van der Waals surface area contributed by atoms with Gasteiger partial charge in [-0.25, -0.2) is 0 Å². The van der Waals surface area contributed by atoms with Gasteiger partial charge in [0.2, 0.25) is 0 Å². The maximum absolute atomic E-state index is 2.42. The van der Waals surface area contributed by atoms with Gasteiger partial charge in [0.15, 0.2) is 0 Å². The number of benzene rings is 3. The molecule has 4 heteroatoms. The molecule has 224 valence electrons. The lowest BCUT2D eigenvalue weighted by Gasteiger charge is -2.14. The lowest BCUT2D eigenvalue weighted by molar-refractivity contribution is 0.587. The normalized spacial score (nSPS) is 12.4. The van der Waals surface area contributed by atoms with Gasteiger partial charge in [0, 0.05) is 60.5 Å². The van der Waals surface area contributed by atoms with Crippen molar-refractivity contribution in [3.8, 4) is 0 Å². The molecule has 0 aliphatic carbocycles. The van der Waals surface area contributed by atoms with Crippen LogP contribution in [0.1, 0.15) is 108 Å². The molecule has 0 aliphatic heterocycles. The molecule has 4 heterocycles. The Morgan fingerprint density at radius 1 is 0.419 bits per heavy atom. The van der Waals surface area contributed by atoms with E-state index in [1.807, 2.05) is 22.7 Å². The molecule has 43 heavy (non-hydrogen) atoms. The fourth-order valence-corrected chi connectivity index (χ4v) is 11.6. The second kappa shape index (κ2) is 13.6. The van der Waals surface area contributed by atoms with Crippen LogP contribution < -0.4 is 0 Å². The monoisotopic (exact) mass is 640 g/mol. The Hall–Kier alpha value is -1.98. The predicted molar refractivity (Wildman–Crippen MR) is 202 cm³/mol. The molecule has 0 unspecified atom stereocenters. The molecule has 0 radical (unpaired) electrons. The van der Waals surface area contributed by atoms with Gasteiger partial charge in [0.1, 0.15) is 0 Å². The van der Waals surface area contributed by atoms with Crippen LogP contribution in [0.3, 0.4) is 0 Å². The molecule has 0 bridgehead atoms. The first-order chi connectivity index (χ1) is 21.3. The summed E-state index contributed by atoms with van der Waals surface area (Å²) in [6, 6.07) is 14.3. The highest BCUT2D eigenvalue weighted by Gasteiger charge is 2.24. The van der Waals surface area contributed by atoms with Crippen LogP contribution in [0.5, 0.6) is 0 Å². The van der Waals surface area contributed by atoms with Crippen LogP contribution >= 0.6 is 45.3 Å². The molecule has 0 saturated carbocycles. The van der Waals surface area contributed by atoms with Crippen molar-refractivity contribution in [2.75, 3.05) is 0 Å². The first-order valence-corrected chi connectivity index (χ1v) is 20.3. The maximum Gasteiger partial charge on any atom is 0.0397 e. The lowest BCUT2D eigenvalue weighted by atomic mass is 9.91. The van der Waals surface area contributed by atoms with Crippen molar-refractivity contribution in [3.05, 3.63) is 58.3 Å². The number of thiophene rings is 4. The minimum atomic E-state index is 1.23. The van der Waals surface area contributed by atoms with Crippen molar-refractivity contribution in [2.45, 2.75) is 110 Å². The van der Waals surface area contributed by atoms with E-state index < -0.39 is 0 Å². The average molecular weight is 641 g/mol. The number of hydrogen-bond donors (Lipinski definition) is 0. The molecular formula is C39H44S4. The third-order valence-electron chi connectivity index (χ3n) is 9.55. The van der Waals surface area contributed by atoms with Gasteiger partial charge in [-0.3, -0.25) is 0 Å². The zero-order valence-corrected chi connectivity index (χ0v) is 29.1. The highest BCUT2D eigenvalue weighted by atomic mass is 32.1. The van der Waals surface area contributed by atoms with Crippen molar-refractivity contribution in [3.63, 3.8) is 0 Å². The zero-order valence-electron chi connectivity index (χ0n) is 25.9. The van der Waals surface area contributed by atoms with E-state index in [1.165, 1.54) is 137 Å². The van der Waals surface area contributed by atoms with E-state index in [2.05, 4.69) is 83.7 Å². The maximum atomic E-state index is 2.42. The second-order valence-corrected chi connectivity index (χ2v) is 16.5. The quantitative estimate of drug-likeness (QED) is 0.0978. The van der Waals surface area contributed by atoms with E-state index in [0.29, 0.717) is 0 Å². The van der Waals surface area contributed by atoms with Crippen LogP contribution in [0, 0.1) is 0 Å². The van der Waals surface area contributed by atoms with E-state index in [1.54, 1.807) is 31.3 Å². The van der Waals surface area contributed by atoms with E-state index in [0.717, 1.165) is 0 Å². The first kappa shape index (κ1) is 29.7. The summed E-state index contributed by atoms with van der Waals surface area (Å²) in [5, 5.41) is 13.7. The molecule has 0 amide bonds. The van der Waals surface area contributed by atoms with Gasteiger partial charge in [-0.1, -0.05) is 84.5 Å². The summed E-state index contributed by atoms with van der Waals surface area (Å²) in [5.41, 5.74) is 3.39. The van der Waals surface area contributed by atoms with Gasteiger partial charge in [0.25, 0.3) is 0 Å². The van der Waals surface area contributed by atoms with Crippen LogP contribution in [0.15, 0.2) is 47.2 Å². The fourth-order valence-electron chi connectivity index (χ4n) is 7.33. The Labute approximate surface area is 272 Å². The molecule has 0 N–H and O–H groups in total. The van der Waals surface area contributed by atoms with Crippen LogP contribution in [0.25, 0.3) is 60.5 Å². The molecule has 3 aromatic carbocycles. The summed E-state index contributed by atoms with van der Waals surface area (Å²) in [5.74, 6) is 0. The highest BCUT2D eigenvalue weighted by molar-refractivity contribution is 7.29. The Morgan fingerprint density at radius 2 is 0.814 bits per heavy atom. The van der Waals surface area contributed by atoms with Gasteiger partial charge in [0.05, 0.1) is 0 Å². The molecule has 0 spiro atoms. The molecule has 0 aliphatic rings. The summed E-state index contributed by atoms with van der Waals surface area (Å²) in [6.45, 7) is 4.64. The topological polar surface area (TPSA) is 0 Å². The van der Waals surface area contributed by atoms with Gasteiger partial charge in [-0.15, -0.1) is 45.3 Å². The summed E-state index contributed by atoms with van der Waals surface area (Å²) < 4.78 is 8.98. The number of unbranched alkanes of at least 4 members (excludes halogenated alkanes) is 11. The van der Waals surface area contributed by atoms with E-state index >= 15 is 0 Å². The Bertz CT molecular complexity index is 1990. The smallest absolute Gasteiger partial charge is 0.0397 e. The minimum Gasteiger partial charge on any atom is -0.144 e. The van der Waals surface area contributed by atoms with Crippen molar-refractivity contribution < 1.29 is 0 Å². The van der Waals surface area contributed by atoms with Crippen LogP contribution in [-0.4, -0.2) is 0 Å². The van der Waals surface area contributed by atoms with E-state index in [9.17, 15) is 0 Å². The summed E-state index contributed by atoms with van der Waals surface area (Å²) >= 11 is 7.96. The lowest BCUT2D eigenvalue weighted by Crippen LogP contribution is -1.97. The van der Waals surface area contributed by atoms with Crippen molar-refractivity contribution in [1.82, 2.24) is 0 Å². The first-order valence-electron chi connectivity index (χ1n) is 16.9. The zero-order chi connectivity index (χ0) is 29.2. The van der Waals surface area contributed by atoms with Gasteiger partial charge < -0.3 is 0 Å². The average Bonchev–Trinajstić information content (AvgIpc) is 3.81. The van der Waals surface area contributed by atoms with Crippen LogP contribution in [0.4, 0.5) is 0 Å². The Morgan fingerprint density at radius 3 is 1.26 bits per heavy atom. The molecule has 0 nitrogen and oxygen atoms in total. The van der Waals surface area contributed by atoms with Crippen LogP contribution in [0.2, 0.25) is 0 Å². The third kappa shape index (κ3) is 5.67. The predicted octanol–water partition coefficient (Wildman–Crippen LogP) is 15.0. The van der Waals surface area contributed by atoms with Gasteiger partial charge in [-0.2, -0.15) is 0 Å². The Balaban J connectivity index is 1.42. The largest absolute Gasteiger partial charge is 0.144 e. The molecule has 7 aromatic rings. The van der Waals surface area contributed by atoms with Crippen molar-refractivity contribution in [2.24, 2.45) is 0 Å². The van der Waals surface area contributed by atoms with E-state index in [-0.39, 0.29) is 0 Å². The van der Waals surface area contributed by atoms with Crippen molar-refractivity contribution in [1.29, 1.82) is 0 Å².